The zero-order valence-electron chi connectivity index (χ0n) is 16.2. The van der Waals surface area contributed by atoms with Gasteiger partial charge in [-0.2, -0.15) is 0 Å². The van der Waals surface area contributed by atoms with Crippen molar-refractivity contribution in [2.75, 3.05) is 4.72 Å². The van der Waals surface area contributed by atoms with Crippen LogP contribution in [0.5, 0.6) is 5.75 Å². The highest BCUT2D eigenvalue weighted by molar-refractivity contribution is 7.92. The van der Waals surface area contributed by atoms with E-state index in [-0.39, 0.29) is 16.8 Å². The molecule has 0 unspecified atom stereocenters. The number of hydrogen-bond acceptors (Lipinski definition) is 4. The molecule has 1 aliphatic carbocycles. The molecule has 2 N–H and O–H groups in total. The average Bonchev–Trinajstić information content (AvgIpc) is 2.71. The number of benzene rings is 2. The van der Waals surface area contributed by atoms with Crippen molar-refractivity contribution in [2.45, 2.75) is 56.1 Å². The second-order valence-corrected chi connectivity index (χ2v) is 9.31. The minimum absolute atomic E-state index is 0.0964. The van der Waals surface area contributed by atoms with E-state index < -0.39 is 16.1 Å². The molecule has 0 saturated heterocycles. The third-order valence-electron chi connectivity index (χ3n) is 4.86. The number of rotatable bonds is 7. The summed E-state index contributed by atoms with van der Waals surface area (Å²) < 4.78 is 33.2. The lowest BCUT2D eigenvalue weighted by atomic mass is 9.95. The van der Waals surface area contributed by atoms with Gasteiger partial charge in [0.1, 0.15) is 5.75 Å². The molecular formula is C21H25ClN2O4S. The fourth-order valence-corrected chi connectivity index (χ4v) is 4.44. The first-order valence-corrected chi connectivity index (χ1v) is 11.5. The molecule has 1 saturated carbocycles. The molecule has 29 heavy (non-hydrogen) atoms. The molecule has 0 aromatic heterocycles. The van der Waals surface area contributed by atoms with Crippen LogP contribution in [0.3, 0.4) is 0 Å². The SMILES string of the molecule is C[C@H](Oc1ccc(S(=O)(=O)Nc2ccc(Cl)cc2)cc1)C(=O)NC1CCCCC1. The molecule has 1 fully saturated rings. The van der Waals surface area contributed by atoms with Gasteiger partial charge in [-0.3, -0.25) is 9.52 Å². The van der Waals surface area contributed by atoms with Crippen LogP contribution in [0.1, 0.15) is 39.0 Å². The number of anilines is 1. The molecule has 0 spiro atoms. The van der Waals surface area contributed by atoms with Gasteiger partial charge in [-0.05, 0) is 68.3 Å². The van der Waals surface area contributed by atoms with Crippen LogP contribution in [0.2, 0.25) is 5.02 Å². The van der Waals surface area contributed by atoms with E-state index in [1.54, 1.807) is 43.3 Å². The Kier molecular flexibility index (Phi) is 7.03. The predicted molar refractivity (Wildman–Crippen MR) is 114 cm³/mol. The van der Waals surface area contributed by atoms with Gasteiger partial charge in [0.25, 0.3) is 15.9 Å². The van der Waals surface area contributed by atoms with E-state index in [9.17, 15) is 13.2 Å². The van der Waals surface area contributed by atoms with Gasteiger partial charge in [-0.25, -0.2) is 8.42 Å². The summed E-state index contributed by atoms with van der Waals surface area (Å²) in [6.07, 6.45) is 4.85. The van der Waals surface area contributed by atoms with Crippen molar-refractivity contribution in [2.24, 2.45) is 0 Å². The quantitative estimate of drug-likeness (QED) is 0.675. The van der Waals surface area contributed by atoms with Crippen LogP contribution in [-0.4, -0.2) is 26.5 Å². The second-order valence-electron chi connectivity index (χ2n) is 7.19. The minimum Gasteiger partial charge on any atom is -0.481 e. The Morgan fingerprint density at radius 3 is 2.28 bits per heavy atom. The molecule has 0 radical (unpaired) electrons. The van der Waals surface area contributed by atoms with Crippen LogP contribution in [-0.2, 0) is 14.8 Å². The largest absolute Gasteiger partial charge is 0.481 e. The standard InChI is InChI=1S/C21H25ClN2O4S/c1-15(21(25)23-17-5-3-2-4-6-17)28-19-11-13-20(14-12-19)29(26,27)24-18-9-7-16(22)8-10-18/h7-15,17,24H,2-6H2,1H3,(H,23,25)/t15-/m0/s1. The zero-order valence-corrected chi connectivity index (χ0v) is 17.8. The number of halogens is 1. The molecule has 0 aliphatic heterocycles. The Morgan fingerprint density at radius 2 is 1.66 bits per heavy atom. The molecule has 6 nitrogen and oxygen atoms in total. The molecule has 2 aromatic carbocycles. The summed E-state index contributed by atoms with van der Waals surface area (Å²) in [6.45, 7) is 1.69. The van der Waals surface area contributed by atoms with Crippen LogP contribution in [0.25, 0.3) is 0 Å². The van der Waals surface area contributed by atoms with Gasteiger partial charge in [0.05, 0.1) is 4.90 Å². The fourth-order valence-electron chi connectivity index (χ4n) is 3.25. The van der Waals surface area contributed by atoms with Gasteiger partial charge >= 0.3 is 0 Å². The maximum absolute atomic E-state index is 12.5. The van der Waals surface area contributed by atoms with Gasteiger partial charge < -0.3 is 10.1 Å². The molecule has 1 atom stereocenters. The van der Waals surface area contributed by atoms with E-state index in [2.05, 4.69) is 10.0 Å². The summed E-state index contributed by atoms with van der Waals surface area (Å²) in [6, 6.07) is 12.6. The maximum atomic E-state index is 12.5. The summed E-state index contributed by atoms with van der Waals surface area (Å²) in [4.78, 5) is 12.4. The fraction of sp³-hybridized carbons (Fsp3) is 0.381. The first-order chi connectivity index (χ1) is 13.8. The van der Waals surface area contributed by atoms with E-state index in [1.807, 2.05) is 0 Å². The first kappa shape index (κ1) is 21.5. The van der Waals surface area contributed by atoms with Gasteiger partial charge in [-0.15, -0.1) is 0 Å². The van der Waals surface area contributed by atoms with Gasteiger partial charge in [-0.1, -0.05) is 30.9 Å². The van der Waals surface area contributed by atoms with Crippen molar-refractivity contribution in [3.63, 3.8) is 0 Å². The van der Waals surface area contributed by atoms with Crippen LogP contribution in [0, 0.1) is 0 Å². The maximum Gasteiger partial charge on any atom is 0.261 e. The molecule has 0 heterocycles. The third-order valence-corrected chi connectivity index (χ3v) is 6.51. The van der Waals surface area contributed by atoms with Gasteiger partial charge in [0.15, 0.2) is 6.10 Å². The lowest BCUT2D eigenvalue weighted by Gasteiger charge is -2.24. The Bertz CT molecular complexity index is 924. The number of carbonyl (C=O) groups is 1. The first-order valence-electron chi connectivity index (χ1n) is 9.69. The van der Waals surface area contributed by atoms with Crippen molar-refractivity contribution >= 4 is 33.2 Å². The molecule has 8 heteroatoms. The summed E-state index contributed by atoms with van der Waals surface area (Å²) >= 11 is 5.82. The van der Waals surface area contributed by atoms with Crippen molar-refractivity contribution in [1.29, 1.82) is 0 Å². The number of nitrogens with one attached hydrogen (secondary N) is 2. The number of ether oxygens (including phenoxy) is 1. The van der Waals surface area contributed by atoms with Crippen molar-refractivity contribution in [1.82, 2.24) is 5.32 Å². The van der Waals surface area contributed by atoms with Gasteiger partial charge in [0.2, 0.25) is 0 Å². The molecule has 3 rings (SSSR count). The van der Waals surface area contributed by atoms with Crippen LogP contribution < -0.4 is 14.8 Å². The summed E-state index contributed by atoms with van der Waals surface area (Å²) in [5.41, 5.74) is 0.419. The predicted octanol–water partition coefficient (Wildman–Crippen LogP) is 4.36. The number of carbonyl (C=O) groups excluding carboxylic acids is 1. The summed E-state index contributed by atoms with van der Waals surface area (Å²) in [5.74, 6) is 0.278. The molecule has 0 bridgehead atoms. The lowest BCUT2D eigenvalue weighted by Crippen LogP contribution is -2.43. The lowest BCUT2D eigenvalue weighted by molar-refractivity contribution is -0.128. The molecule has 156 valence electrons. The van der Waals surface area contributed by atoms with E-state index in [0.29, 0.717) is 16.5 Å². The number of sulfonamides is 1. The molecular weight excluding hydrogens is 412 g/mol. The smallest absolute Gasteiger partial charge is 0.261 e. The molecule has 1 amide bonds. The van der Waals surface area contributed by atoms with Crippen molar-refractivity contribution in [3.8, 4) is 5.75 Å². The average molecular weight is 437 g/mol. The monoisotopic (exact) mass is 436 g/mol. The summed E-state index contributed by atoms with van der Waals surface area (Å²) in [5, 5.41) is 3.55. The Labute approximate surface area is 176 Å². The third kappa shape index (κ3) is 6.11. The highest BCUT2D eigenvalue weighted by Crippen LogP contribution is 2.22. The molecule has 1 aliphatic rings. The highest BCUT2D eigenvalue weighted by Gasteiger charge is 2.21. The Balaban J connectivity index is 1.58. The number of hydrogen-bond donors (Lipinski definition) is 2. The van der Waals surface area contributed by atoms with Crippen LogP contribution in [0.4, 0.5) is 5.69 Å². The highest BCUT2D eigenvalue weighted by atomic mass is 35.5. The topological polar surface area (TPSA) is 84.5 Å². The Morgan fingerprint density at radius 1 is 1.03 bits per heavy atom. The zero-order chi connectivity index (χ0) is 20.9. The van der Waals surface area contributed by atoms with Crippen molar-refractivity contribution < 1.29 is 17.9 Å². The van der Waals surface area contributed by atoms with E-state index in [0.717, 1.165) is 25.7 Å². The summed E-state index contributed by atoms with van der Waals surface area (Å²) in [7, 11) is -3.73. The van der Waals surface area contributed by atoms with Crippen LogP contribution in [0.15, 0.2) is 53.4 Å². The second kappa shape index (κ2) is 9.50. The Hall–Kier alpha value is -2.25. The normalized spacial score (nSPS) is 16.1. The van der Waals surface area contributed by atoms with Crippen molar-refractivity contribution in [3.05, 3.63) is 53.6 Å². The van der Waals surface area contributed by atoms with E-state index in [4.69, 9.17) is 16.3 Å². The minimum atomic E-state index is -3.73. The van der Waals surface area contributed by atoms with E-state index >= 15 is 0 Å². The van der Waals surface area contributed by atoms with Gasteiger partial charge in [0, 0.05) is 16.8 Å². The van der Waals surface area contributed by atoms with E-state index in [1.165, 1.54) is 18.6 Å². The number of amides is 1. The van der Waals surface area contributed by atoms with Crippen LogP contribution >= 0.6 is 11.6 Å². The molecule has 2 aromatic rings.